The van der Waals surface area contributed by atoms with Crippen LogP contribution in [0.2, 0.25) is 5.02 Å². The monoisotopic (exact) mass is 626 g/mol. The van der Waals surface area contributed by atoms with E-state index in [2.05, 4.69) is 10.6 Å². The van der Waals surface area contributed by atoms with Crippen molar-refractivity contribution in [2.24, 2.45) is 0 Å². The number of hydrogen-bond donors (Lipinski definition) is 2. The van der Waals surface area contributed by atoms with Gasteiger partial charge >= 0.3 is 5.69 Å². The van der Waals surface area contributed by atoms with Crippen molar-refractivity contribution in [3.63, 3.8) is 0 Å². The quantitative estimate of drug-likeness (QED) is 0.225. The first-order chi connectivity index (χ1) is 21.8. The molecule has 0 saturated heterocycles. The highest BCUT2D eigenvalue weighted by molar-refractivity contribution is 6.32. The molecule has 0 spiro atoms. The number of ether oxygens (including phenoxy) is 2. The van der Waals surface area contributed by atoms with Crippen LogP contribution >= 0.6 is 11.6 Å². The highest BCUT2D eigenvalue weighted by Crippen LogP contribution is 2.35. The minimum absolute atomic E-state index is 0.135. The van der Waals surface area contributed by atoms with E-state index in [4.69, 9.17) is 21.1 Å². The zero-order valence-corrected chi connectivity index (χ0v) is 25.5. The van der Waals surface area contributed by atoms with E-state index >= 15 is 0 Å². The topological polar surface area (TPSA) is 121 Å². The molecule has 0 aliphatic rings. The first-order valence-electron chi connectivity index (χ1n) is 14.1. The predicted octanol–water partition coefficient (Wildman–Crippen LogP) is 4.36. The Morgan fingerprint density at radius 1 is 0.800 bits per heavy atom. The van der Waals surface area contributed by atoms with Gasteiger partial charge in [0.25, 0.3) is 5.56 Å². The third kappa shape index (κ3) is 7.08. The Labute approximate surface area is 263 Å². The molecule has 0 bridgehead atoms. The number of nitrogens with zero attached hydrogens (tertiary/aromatic N) is 2. The summed E-state index contributed by atoms with van der Waals surface area (Å²) in [6.45, 7) is 0.118. The molecule has 45 heavy (non-hydrogen) atoms. The molecule has 5 rings (SSSR count). The van der Waals surface area contributed by atoms with Gasteiger partial charge in [-0.25, -0.2) is 9.36 Å². The van der Waals surface area contributed by atoms with E-state index in [9.17, 15) is 19.2 Å². The Morgan fingerprint density at radius 2 is 1.49 bits per heavy atom. The van der Waals surface area contributed by atoms with Gasteiger partial charge in [-0.15, -0.1) is 0 Å². The number of nitrogens with one attached hydrogen (secondary N) is 2. The summed E-state index contributed by atoms with van der Waals surface area (Å²) in [7, 11) is 2.90. The fourth-order valence-electron chi connectivity index (χ4n) is 4.99. The van der Waals surface area contributed by atoms with E-state index in [-0.39, 0.29) is 22.7 Å². The Kier molecular flexibility index (Phi) is 9.64. The summed E-state index contributed by atoms with van der Waals surface area (Å²) in [5.41, 5.74) is 1.54. The molecule has 11 heteroatoms. The van der Waals surface area contributed by atoms with Gasteiger partial charge in [0, 0.05) is 12.6 Å². The second-order valence-corrected chi connectivity index (χ2v) is 10.6. The lowest BCUT2D eigenvalue weighted by Crippen LogP contribution is -2.40. The molecular weight excluding hydrogens is 596 g/mol. The van der Waals surface area contributed by atoms with Crippen LogP contribution in [0.4, 0.5) is 5.69 Å². The maximum absolute atomic E-state index is 13.8. The molecule has 1 aromatic heterocycles. The number of halogens is 1. The number of aromatic nitrogens is 2. The number of benzene rings is 4. The van der Waals surface area contributed by atoms with Crippen molar-refractivity contribution in [3.05, 3.63) is 128 Å². The summed E-state index contributed by atoms with van der Waals surface area (Å²) in [6.07, 6.45) is 0.868. The summed E-state index contributed by atoms with van der Waals surface area (Å²) in [5, 5.41) is 6.17. The number of anilines is 1. The molecule has 5 aromatic rings. The van der Waals surface area contributed by atoms with Crippen LogP contribution < -0.4 is 31.4 Å². The number of carbonyl (C=O) groups excluding carboxylic acids is 2. The lowest BCUT2D eigenvalue weighted by molar-refractivity contribution is -0.120. The molecule has 4 aromatic carbocycles. The Balaban J connectivity index is 1.37. The Bertz CT molecular complexity index is 1970. The molecule has 230 valence electrons. The second-order valence-electron chi connectivity index (χ2n) is 10.2. The van der Waals surface area contributed by atoms with Crippen molar-refractivity contribution in [2.75, 3.05) is 26.1 Å². The lowest BCUT2D eigenvalue weighted by atomic mass is 10.1. The summed E-state index contributed by atoms with van der Waals surface area (Å²) in [4.78, 5) is 53.0. The van der Waals surface area contributed by atoms with Gasteiger partial charge < -0.3 is 20.1 Å². The number of carbonyl (C=O) groups is 2. The summed E-state index contributed by atoms with van der Waals surface area (Å²) in [6, 6.07) is 26.1. The van der Waals surface area contributed by atoms with Crippen molar-refractivity contribution in [3.8, 4) is 17.2 Å². The number of rotatable bonds is 11. The molecule has 0 aliphatic carbocycles. The van der Waals surface area contributed by atoms with Gasteiger partial charge in [0.1, 0.15) is 18.0 Å². The molecule has 0 fully saturated rings. The third-order valence-corrected chi connectivity index (χ3v) is 7.53. The van der Waals surface area contributed by atoms with Gasteiger partial charge in [-0.05, 0) is 47.9 Å². The van der Waals surface area contributed by atoms with Crippen LogP contribution in [0.15, 0.2) is 101 Å². The smallest absolute Gasteiger partial charge is 0.336 e. The van der Waals surface area contributed by atoms with E-state index in [1.807, 2.05) is 30.3 Å². The van der Waals surface area contributed by atoms with Crippen LogP contribution in [0.3, 0.4) is 0 Å². The van der Waals surface area contributed by atoms with Crippen LogP contribution in [0.5, 0.6) is 11.5 Å². The molecule has 0 radical (unpaired) electrons. The van der Waals surface area contributed by atoms with Crippen molar-refractivity contribution in [2.45, 2.75) is 19.4 Å². The first kappa shape index (κ1) is 31.1. The van der Waals surface area contributed by atoms with Crippen LogP contribution in [0.25, 0.3) is 16.6 Å². The molecule has 0 saturated carbocycles. The average Bonchev–Trinajstić information content (AvgIpc) is 3.04. The molecule has 0 atom stereocenters. The fourth-order valence-corrected chi connectivity index (χ4v) is 5.24. The molecule has 0 unspecified atom stereocenters. The summed E-state index contributed by atoms with van der Waals surface area (Å²) >= 11 is 6.25. The van der Waals surface area contributed by atoms with Crippen molar-refractivity contribution in [1.82, 2.24) is 14.5 Å². The first-order valence-corrected chi connectivity index (χ1v) is 14.5. The van der Waals surface area contributed by atoms with E-state index in [1.165, 1.54) is 30.9 Å². The van der Waals surface area contributed by atoms with Crippen molar-refractivity contribution >= 4 is 40.0 Å². The molecule has 1 heterocycles. The number of amides is 2. The normalized spacial score (nSPS) is 10.8. The van der Waals surface area contributed by atoms with Crippen LogP contribution in [-0.2, 0) is 29.0 Å². The Hall–Kier alpha value is -5.35. The zero-order valence-electron chi connectivity index (χ0n) is 24.7. The van der Waals surface area contributed by atoms with Crippen LogP contribution in [0.1, 0.15) is 11.1 Å². The summed E-state index contributed by atoms with van der Waals surface area (Å²) in [5.74, 6) is 0.0116. The van der Waals surface area contributed by atoms with Crippen molar-refractivity contribution in [1.29, 1.82) is 0 Å². The van der Waals surface area contributed by atoms with Gasteiger partial charge in [0.05, 0.1) is 47.9 Å². The third-order valence-electron chi connectivity index (χ3n) is 7.24. The standard InChI is InChI=1S/C34H31ClN4O6/c1-44-29-20-30(45-2)27(19-26(29)35)37-32(41)21-38-28-11-7-6-10-25(28)33(42)39(34(38)43)24-14-12-23(13-15-24)18-31(40)36-17-16-22-8-4-3-5-9-22/h3-15,19-20H,16-18,21H2,1-2H3,(H,36,40)(H,37,41). The molecule has 0 aliphatic heterocycles. The largest absolute Gasteiger partial charge is 0.495 e. The number of hydrogen-bond acceptors (Lipinski definition) is 6. The predicted molar refractivity (Wildman–Crippen MR) is 174 cm³/mol. The van der Waals surface area contributed by atoms with Gasteiger partial charge in [0.2, 0.25) is 11.8 Å². The van der Waals surface area contributed by atoms with E-state index in [0.29, 0.717) is 34.9 Å². The van der Waals surface area contributed by atoms with E-state index in [1.54, 1.807) is 48.5 Å². The van der Waals surface area contributed by atoms with E-state index in [0.717, 1.165) is 22.1 Å². The summed E-state index contributed by atoms with van der Waals surface area (Å²) < 4.78 is 12.8. The SMILES string of the molecule is COc1cc(OC)c(NC(=O)Cn2c(=O)n(-c3ccc(CC(=O)NCCc4ccccc4)cc3)c(=O)c3ccccc32)cc1Cl. The molecular formula is C34H31ClN4O6. The van der Waals surface area contributed by atoms with E-state index < -0.39 is 23.7 Å². The fraction of sp³-hybridized carbons (Fsp3) is 0.176. The molecule has 10 nitrogen and oxygen atoms in total. The second kappa shape index (κ2) is 14.0. The zero-order chi connectivity index (χ0) is 31.9. The molecule has 2 amide bonds. The van der Waals surface area contributed by atoms with Gasteiger partial charge in [0.15, 0.2) is 0 Å². The number of fused-ring (bicyclic) bond motifs is 1. The van der Waals surface area contributed by atoms with Gasteiger partial charge in [-0.3, -0.25) is 19.0 Å². The minimum atomic E-state index is -0.694. The average molecular weight is 627 g/mol. The van der Waals surface area contributed by atoms with Gasteiger partial charge in [-0.1, -0.05) is 66.2 Å². The maximum atomic E-state index is 13.8. The maximum Gasteiger partial charge on any atom is 0.336 e. The van der Waals surface area contributed by atoms with Gasteiger partial charge in [-0.2, -0.15) is 0 Å². The molecule has 2 N–H and O–H groups in total. The highest BCUT2D eigenvalue weighted by atomic mass is 35.5. The highest BCUT2D eigenvalue weighted by Gasteiger charge is 2.18. The van der Waals surface area contributed by atoms with Crippen LogP contribution in [0, 0.1) is 0 Å². The van der Waals surface area contributed by atoms with Crippen molar-refractivity contribution < 1.29 is 19.1 Å². The number of methoxy groups -OCH3 is 2. The minimum Gasteiger partial charge on any atom is -0.495 e. The number of para-hydroxylation sites is 1. The Morgan fingerprint density at radius 3 is 2.20 bits per heavy atom. The lowest BCUT2D eigenvalue weighted by Gasteiger charge is -2.16. The van der Waals surface area contributed by atoms with Crippen LogP contribution in [-0.4, -0.2) is 41.7 Å².